The van der Waals surface area contributed by atoms with E-state index in [1.807, 2.05) is 13.8 Å². The summed E-state index contributed by atoms with van der Waals surface area (Å²) in [5, 5.41) is 15.8. The molecule has 1 atom stereocenters. The molecule has 5 nitrogen and oxygen atoms in total. The third-order valence-corrected chi connectivity index (χ3v) is 5.16. The molecule has 1 saturated heterocycles. The van der Waals surface area contributed by atoms with E-state index in [4.69, 9.17) is 0 Å². The summed E-state index contributed by atoms with van der Waals surface area (Å²) in [7, 11) is 0. The fraction of sp³-hybridized carbons (Fsp3) is 0.600. The second-order valence-electron chi connectivity index (χ2n) is 7.58. The van der Waals surface area contributed by atoms with Crippen LogP contribution in [0.25, 0.3) is 0 Å². The number of likely N-dealkylation sites (tertiary alicyclic amines) is 1. The third kappa shape index (κ3) is 5.47. The smallest absolute Gasteiger partial charge is 0.235 e. The first-order valence-corrected chi connectivity index (χ1v) is 9.10. The summed E-state index contributed by atoms with van der Waals surface area (Å²) in [5.41, 5.74) is 1.61. The zero-order valence-corrected chi connectivity index (χ0v) is 15.8. The van der Waals surface area contributed by atoms with Gasteiger partial charge in [-0.1, -0.05) is 31.5 Å². The van der Waals surface area contributed by atoms with Crippen molar-refractivity contribution in [3.63, 3.8) is 0 Å². The van der Waals surface area contributed by atoms with Crippen molar-refractivity contribution in [2.24, 2.45) is 5.92 Å². The van der Waals surface area contributed by atoms with E-state index in [0.717, 1.165) is 31.6 Å². The number of hydrogen-bond donors (Lipinski definition) is 2. The van der Waals surface area contributed by atoms with Crippen LogP contribution < -0.4 is 10.6 Å². The van der Waals surface area contributed by atoms with Gasteiger partial charge in [0.25, 0.3) is 0 Å². The normalized spacial score (nSPS) is 18.4. The summed E-state index contributed by atoms with van der Waals surface area (Å²) in [4.78, 5) is 14.4. The largest absolute Gasteiger partial charge is 0.382 e. The van der Waals surface area contributed by atoms with E-state index in [2.05, 4.69) is 52.8 Å². The maximum absolute atomic E-state index is 12.3. The first-order chi connectivity index (χ1) is 11.8. The van der Waals surface area contributed by atoms with Crippen LogP contribution in [0.2, 0.25) is 0 Å². The van der Waals surface area contributed by atoms with Crippen molar-refractivity contribution >= 4 is 11.6 Å². The molecule has 1 aliphatic heterocycles. The molecule has 1 aromatic carbocycles. The molecule has 0 spiro atoms. The molecule has 1 aromatic rings. The van der Waals surface area contributed by atoms with Crippen molar-refractivity contribution in [2.45, 2.75) is 52.1 Å². The number of nitrogens with one attached hydrogen (secondary N) is 2. The lowest BCUT2D eigenvalue weighted by Gasteiger charge is -2.34. The average molecular weight is 342 g/mol. The van der Waals surface area contributed by atoms with Crippen molar-refractivity contribution in [1.29, 1.82) is 5.26 Å². The van der Waals surface area contributed by atoms with E-state index >= 15 is 0 Å². The second kappa shape index (κ2) is 8.35. The summed E-state index contributed by atoms with van der Waals surface area (Å²) in [6, 6.07) is 11.1. The maximum atomic E-state index is 12.3. The number of benzene rings is 1. The lowest BCUT2D eigenvalue weighted by Crippen LogP contribution is -2.52. The van der Waals surface area contributed by atoms with Crippen LogP contribution in [0.5, 0.6) is 0 Å². The lowest BCUT2D eigenvalue weighted by molar-refractivity contribution is -0.124. The van der Waals surface area contributed by atoms with Crippen LogP contribution >= 0.6 is 0 Å². The first-order valence-electron chi connectivity index (χ1n) is 9.10. The molecule has 0 aliphatic carbocycles. The molecule has 25 heavy (non-hydrogen) atoms. The fourth-order valence-electron chi connectivity index (χ4n) is 2.95. The minimum atomic E-state index is -0.803. The van der Waals surface area contributed by atoms with Crippen LogP contribution in [0.15, 0.2) is 24.3 Å². The molecule has 0 saturated carbocycles. The van der Waals surface area contributed by atoms with Crippen molar-refractivity contribution in [1.82, 2.24) is 10.2 Å². The second-order valence-corrected chi connectivity index (χ2v) is 7.58. The van der Waals surface area contributed by atoms with Crippen LogP contribution in [-0.4, -0.2) is 42.0 Å². The topological polar surface area (TPSA) is 68.2 Å². The van der Waals surface area contributed by atoms with Crippen LogP contribution in [0.4, 0.5) is 5.69 Å². The molecule has 1 unspecified atom stereocenters. The van der Waals surface area contributed by atoms with E-state index in [0.29, 0.717) is 12.6 Å². The minimum absolute atomic E-state index is 0.0670. The van der Waals surface area contributed by atoms with Gasteiger partial charge in [-0.15, -0.1) is 0 Å². The van der Waals surface area contributed by atoms with Crippen molar-refractivity contribution < 1.29 is 4.79 Å². The number of nitriles is 1. The number of amides is 1. The third-order valence-electron chi connectivity index (χ3n) is 5.16. The summed E-state index contributed by atoms with van der Waals surface area (Å²) >= 11 is 0. The van der Waals surface area contributed by atoms with Gasteiger partial charge < -0.3 is 10.6 Å². The highest BCUT2D eigenvalue weighted by molar-refractivity contribution is 5.79. The monoisotopic (exact) mass is 342 g/mol. The van der Waals surface area contributed by atoms with Gasteiger partial charge >= 0.3 is 0 Å². The van der Waals surface area contributed by atoms with Gasteiger partial charge in [-0.3, -0.25) is 9.69 Å². The number of anilines is 1. The summed E-state index contributed by atoms with van der Waals surface area (Å²) in [6.07, 6.45) is 2.03. The number of hydrogen-bond acceptors (Lipinski definition) is 4. The molecular weight excluding hydrogens is 312 g/mol. The molecule has 0 radical (unpaired) electrons. The Labute approximate surface area is 151 Å². The number of nitrogens with zero attached hydrogens (tertiary/aromatic N) is 2. The van der Waals surface area contributed by atoms with Gasteiger partial charge in [-0.05, 0) is 44.7 Å². The molecule has 1 fully saturated rings. The Morgan fingerprint density at radius 2 is 1.92 bits per heavy atom. The molecule has 136 valence electrons. The van der Waals surface area contributed by atoms with Gasteiger partial charge in [-0.25, -0.2) is 0 Å². The molecule has 1 heterocycles. The Kier molecular flexibility index (Phi) is 6.44. The van der Waals surface area contributed by atoms with E-state index in [-0.39, 0.29) is 11.8 Å². The number of carbonyl (C=O) groups is 1. The van der Waals surface area contributed by atoms with E-state index < -0.39 is 5.54 Å². The predicted molar refractivity (Wildman–Crippen MR) is 101 cm³/mol. The minimum Gasteiger partial charge on any atom is -0.382 e. The van der Waals surface area contributed by atoms with Crippen molar-refractivity contribution in [3.8, 4) is 6.07 Å². The van der Waals surface area contributed by atoms with Crippen LogP contribution in [0, 0.1) is 24.2 Å². The SMILES string of the molecule is Cc1ccc(NC2CCN(CC(=O)NC(C)(C#N)C(C)C)CC2)cc1. The maximum Gasteiger partial charge on any atom is 0.235 e. The van der Waals surface area contributed by atoms with Gasteiger partial charge in [0.1, 0.15) is 5.54 Å². The van der Waals surface area contributed by atoms with Crippen LogP contribution in [-0.2, 0) is 4.79 Å². The van der Waals surface area contributed by atoms with E-state index in [1.165, 1.54) is 5.56 Å². The number of carbonyl (C=O) groups excluding carboxylic acids is 1. The summed E-state index contributed by atoms with van der Waals surface area (Å²) in [6.45, 7) is 9.92. The molecule has 1 amide bonds. The molecule has 5 heteroatoms. The van der Waals surface area contributed by atoms with Gasteiger partial charge in [0.05, 0.1) is 12.6 Å². The molecule has 2 rings (SSSR count). The number of piperidine rings is 1. The highest BCUT2D eigenvalue weighted by Gasteiger charge is 2.31. The highest BCUT2D eigenvalue weighted by atomic mass is 16.2. The Hall–Kier alpha value is -2.06. The standard InChI is InChI=1S/C20H30N4O/c1-15(2)20(4,14-21)23-19(25)13-24-11-9-18(10-12-24)22-17-7-5-16(3)6-8-17/h5-8,15,18,22H,9-13H2,1-4H3,(H,23,25). The highest BCUT2D eigenvalue weighted by Crippen LogP contribution is 2.18. The Morgan fingerprint density at radius 1 is 1.32 bits per heavy atom. The van der Waals surface area contributed by atoms with Crippen molar-refractivity contribution in [3.05, 3.63) is 29.8 Å². The summed E-state index contributed by atoms with van der Waals surface area (Å²) < 4.78 is 0. The van der Waals surface area contributed by atoms with E-state index in [1.54, 1.807) is 6.92 Å². The fourth-order valence-corrected chi connectivity index (χ4v) is 2.95. The van der Waals surface area contributed by atoms with Crippen LogP contribution in [0.3, 0.4) is 0 Å². The number of aryl methyl sites for hydroxylation is 1. The van der Waals surface area contributed by atoms with Gasteiger partial charge in [0.15, 0.2) is 0 Å². The van der Waals surface area contributed by atoms with Crippen LogP contribution in [0.1, 0.15) is 39.2 Å². The Balaban J connectivity index is 1.77. The molecule has 2 N–H and O–H groups in total. The molecule has 0 aromatic heterocycles. The van der Waals surface area contributed by atoms with Gasteiger partial charge in [0, 0.05) is 24.8 Å². The van der Waals surface area contributed by atoms with Gasteiger partial charge in [0.2, 0.25) is 5.91 Å². The summed E-state index contributed by atoms with van der Waals surface area (Å²) in [5.74, 6) is 0.00795. The zero-order valence-electron chi connectivity index (χ0n) is 15.8. The van der Waals surface area contributed by atoms with Crippen molar-refractivity contribution in [2.75, 3.05) is 25.0 Å². The Bertz CT molecular complexity index is 612. The lowest BCUT2D eigenvalue weighted by atomic mass is 9.90. The predicted octanol–water partition coefficient (Wildman–Crippen LogP) is 2.93. The molecular formula is C20H30N4O. The quantitative estimate of drug-likeness (QED) is 0.834. The molecule has 0 bridgehead atoms. The zero-order chi connectivity index (χ0) is 18.4. The number of rotatable bonds is 6. The Morgan fingerprint density at radius 3 is 2.44 bits per heavy atom. The van der Waals surface area contributed by atoms with Gasteiger partial charge in [-0.2, -0.15) is 5.26 Å². The average Bonchev–Trinajstić information content (AvgIpc) is 2.58. The molecule has 1 aliphatic rings. The first kappa shape index (κ1) is 19.3. The van der Waals surface area contributed by atoms with E-state index in [9.17, 15) is 10.1 Å².